The van der Waals surface area contributed by atoms with E-state index in [0.717, 1.165) is 36.3 Å². The fourth-order valence-corrected chi connectivity index (χ4v) is 6.07. The van der Waals surface area contributed by atoms with E-state index in [4.69, 9.17) is 4.42 Å². The van der Waals surface area contributed by atoms with Crippen molar-refractivity contribution < 1.29 is 12.8 Å². The van der Waals surface area contributed by atoms with Gasteiger partial charge in [0.25, 0.3) is 0 Å². The molecule has 2 aliphatic carbocycles. The number of rotatable bonds is 6. The van der Waals surface area contributed by atoms with E-state index >= 15 is 0 Å². The first-order valence-electron chi connectivity index (χ1n) is 8.73. The lowest BCUT2D eigenvalue weighted by Gasteiger charge is -2.21. The van der Waals surface area contributed by atoms with Crippen molar-refractivity contribution in [1.82, 2.24) is 4.31 Å². The van der Waals surface area contributed by atoms with Gasteiger partial charge in [-0.15, -0.1) is 0 Å². The number of sulfonamides is 1. The van der Waals surface area contributed by atoms with E-state index in [9.17, 15) is 8.42 Å². The molecule has 4 nitrogen and oxygen atoms in total. The molecule has 0 aliphatic heterocycles. The van der Waals surface area contributed by atoms with Gasteiger partial charge in [0.2, 0.25) is 10.0 Å². The normalized spacial score (nSPS) is 23.2. The molecule has 2 aromatic rings. The van der Waals surface area contributed by atoms with Gasteiger partial charge in [-0.05, 0) is 77.9 Å². The van der Waals surface area contributed by atoms with E-state index in [2.05, 4.69) is 22.9 Å². The number of halogens is 1. The Hall–Kier alpha value is -1.11. The molecular weight excluding hydrogens is 402 g/mol. The van der Waals surface area contributed by atoms with E-state index in [1.54, 1.807) is 10.4 Å². The van der Waals surface area contributed by atoms with Crippen LogP contribution in [0.1, 0.15) is 49.2 Å². The summed E-state index contributed by atoms with van der Waals surface area (Å²) in [7, 11) is -3.56. The highest BCUT2D eigenvalue weighted by Gasteiger charge is 2.40. The van der Waals surface area contributed by atoms with Crippen molar-refractivity contribution in [1.29, 1.82) is 0 Å². The van der Waals surface area contributed by atoms with Crippen LogP contribution >= 0.6 is 15.9 Å². The molecule has 0 N–H and O–H groups in total. The smallest absolute Gasteiger partial charge is 0.244 e. The first kappa shape index (κ1) is 17.3. The monoisotopic (exact) mass is 423 g/mol. The van der Waals surface area contributed by atoms with Gasteiger partial charge < -0.3 is 4.42 Å². The summed E-state index contributed by atoms with van der Waals surface area (Å²) in [6.45, 7) is 4.46. The zero-order valence-electron chi connectivity index (χ0n) is 14.4. The quantitative estimate of drug-likeness (QED) is 0.668. The van der Waals surface area contributed by atoms with Crippen molar-refractivity contribution in [3.8, 4) is 0 Å². The molecule has 4 rings (SSSR count). The minimum absolute atomic E-state index is 0.0756. The van der Waals surface area contributed by atoms with Crippen molar-refractivity contribution in [2.75, 3.05) is 0 Å². The van der Waals surface area contributed by atoms with E-state index in [0.29, 0.717) is 27.7 Å². The standard InChI is InChI=1S/C19H22BrNO3S/c1-12-3-8-19(17(20)9-12)25(22,23)21(14-4-5-14)11-15-6-7-18(24-15)16-10-13(16)2/h3,6-9,13-14,16H,4-5,10-11H2,1-2H3/t13-,16+/m1/s1. The van der Waals surface area contributed by atoms with E-state index < -0.39 is 10.0 Å². The maximum absolute atomic E-state index is 13.2. The SMILES string of the molecule is Cc1ccc(S(=O)(=O)N(Cc2ccc([C@H]3C[C@H]3C)o2)C2CC2)c(Br)c1. The molecule has 2 fully saturated rings. The average Bonchev–Trinajstić information content (AvgIpc) is 3.45. The van der Waals surface area contributed by atoms with Crippen LogP contribution in [0.25, 0.3) is 0 Å². The molecule has 0 amide bonds. The maximum atomic E-state index is 13.2. The Labute approximate surface area is 157 Å². The van der Waals surface area contributed by atoms with E-state index in [1.807, 2.05) is 31.2 Å². The largest absolute Gasteiger partial charge is 0.464 e. The Morgan fingerprint density at radius 3 is 2.56 bits per heavy atom. The molecule has 2 aliphatic rings. The van der Waals surface area contributed by atoms with Crippen molar-refractivity contribution >= 4 is 26.0 Å². The summed E-state index contributed by atoms with van der Waals surface area (Å²) in [5.41, 5.74) is 1.03. The molecule has 2 atom stereocenters. The summed E-state index contributed by atoms with van der Waals surface area (Å²) in [5, 5.41) is 0. The molecule has 1 heterocycles. The average molecular weight is 424 g/mol. The van der Waals surface area contributed by atoms with Crippen molar-refractivity contribution in [3.05, 3.63) is 51.9 Å². The Kier molecular flexibility index (Phi) is 4.33. The highest BCUT2D eigenvalue weighted by Crippen LogP contribution is 2.47. The van der Waals surface area contributed by atoms with Gasteiger partial charge in [0.1, 0.15) is 11.5 Å². The Balaban J connectivity index is 1.61. The molecule has 0 unspecified atom stereocenters. The highest BCUT2D eigenvalue weighted by atomic mass is 79.9. The van der Waals surface area contributed by atoms with Gasteiger partial charge in [-0.2, -0.15) is 4.31 Å². The fourth-order valence-electron chi connectivity index (χ4n) is 3.27. The third-order valence-electron chi connectivity index (χ3n) is 5.10. The van der Waals surface area contributed by atoms with Crippen LogP contribution in [0.2, 0.25) is 0 Å². The van der Waals surface area contributed by atoms with Gasteiger partial charge in [-0.25, -0.2) is 8.42 Å². The molecule has 2 saturated carbocycles. The Bertz CT molecular complexity index is 901. The summed E-state index contributed by atoms with van der Waals surface area (Å²) >= 11 is 3.41. The van der Waals surface area contributed by atoms with Gasteiger partial charge in [0.15, 0.2) is 0 Å². The Morgan fingerprint density at radius 1 is 1.24 bits per heavy atom. The summed E-state index contributed by atoms with van der Waals surface area (Å²) in [6, 6.07) is 9.37. The van der Waals surface area contributed by atoms with Crippen LogP contribution in [-0.4, -0.2) is 18.8 Å². The van der Waals surface area contributed by atoms with Crippen LogP contribution in [0.3, 0.4) is 0 Å². The predicted octanol–water partition coefficient (Wildman–Crippen LogP) is 4.83. The minimum atomic E-state index is -3.56. The van der Waals surface area contributed by atoms with Crippen LogP contribution in [0, 0.1) is 12.8 Å². The van der Waals surface area contributed by atoms with Gasteiger partial charge in [-0.1, -0.05) is 13.0 Å². The molecule has 134 valence electrons. The Morgan fingerprint density at radius 2 is 1.96 bits per heavy atom. The van der Waals surface area contributed by atoms with Gasteiger partial charge >= 0.3 is 0 Å². The first-order chi connectivity index (χ1) is 11.9. The van der Waals surface area contributed by atoms with Gasteiger partial charge in [0, 0.05) is 16.4 Å². The second-order valence-corrected chi connectivity index (χ2v) is 10.1. The summed E-state index contributed by atoms with van der Waals surface area (Å²) in [5.74, 6) is 2.90. The molecule has 6 heteroatoms. The number of hydrogen-bond acceptors (Lipinski definition) is 3. The summed E-state index contributed by atoms with van der Waals surface area (Å²) in [6.07, 6.45) is 2.99. The third-order valence-corrected chi connectivity index (χ3v) is 7.97. The first-order valence-corrected chi connectivity index (χ1v) is 11.0. The third kappa shape index (κ3) is 3.44. The molecule has 25 heavy (non-hydrogen) atoms. The number of aryl methyl sites for hydroxylation is 1. The molecule has 0 spiro atoms. The molecule has 0 bridgehead atoms. The van der Waals surface area contributed by atoms with Gasteiger partial charge in [-0.3, -0.25) is 0 Å². The maximum Gasteiger partial charge on any atom is 0.244 e. The molecule has 1 aromatic heterocycles. The zero-order chi connectivity index (χ0) is 17.8. The van der Waals surface area contributed by atoms with Crippen LogP contribution in [0.5, 0.6) is 0 Å². The number of nitrogens with zero attached hydrogens (tertiary/aromatic N) is 1. The van der Waals surface area contributed by atoms with Crippen LogP contribution in [-0.2, 0) is 16.6 Å². The van der Waals surface area contributed by atoms with Crippen LogP contribution < -0.4 is 0 Å². The number of benzene rings is 1. The van der Waals surface area contributed by atoms with E-state index in [1.165, 1.54) is 0 Å². The lowest BCUT2D eigenvalue weighted by atomic mass is 10.2. The number of furan rings is 1. The lowest BCUT2D eigenvalue weighted by Crippen LogP contribution is -2.32. The number of hydrogen-bond donors (Lipinski definition) is 0. The zero-order valence-corrected chi connectivity index (χ0v) is 16.8. The van der Waals surface area contributed by atoms with Crippen LogP contribution in [0.4, 0.5) is 0 Å². The van der Waals surface area contributed by atoms with E-state index in [-0.39, 0.29) is 6.04 Å². The molecular formula is C19H22BrNO3S. The lowest BCUT2D eigenvalue weighted by molar-refractivity contribution is 0.347. The van der Waals surface area contributed by atoms with Crippen molar-refractivity contribution in [2.45, 2.75) is 56.5 Å². The van der Waals surface area contributed by atoms with Crippen molar-refractivity contribution in [2.24, 2.45) is 5.92 Å². The second-order valence-electron chi connectivity index (χ2n) is 7.34. The molecule has 1 aromatic carbocycles. The van der Waals surface area contributed by atoms with Crippen LogP contribution in [0.15, 0.2) is 44.1 Å². The fraction of sp³-hybridized carbons (Fsp3) is 0.474. The van der Waals surface area contributed by atoms with Gasteiger partial charge in [0.05, 0.1) is 11.4 Å². The topological polar surface area (TPSA) is 50.5 Å². The second kappa shape index (κ2) is 6.25. The minimum Gasteiger partial charge on any atom is -0.464 e. The van der Waals surface area contributed by atoms with Crippen molar-refractivity contribution in [3.63, 3.8) is 0 Å². The summed E-state index contributed by atoms with van der Waals surface area (Å²) < 4.78 is 34.6. The molecule has 0 radical (unpaired) electrons. The predicted molar refractivity (Wildman–Crippen MR) is 99.9 cm³/mol. The highest BCUT2D eigenvalue weighted by molar-refractivity contribution is 9.10. The molecule has 0 saturated heterocycles. The summed E-state index contributed by atoms with van der Waals surface area (Å²) in [4.78, 5) is 0.326.